The van der Waals surface area contributed by atoms with Crippen LogP contribution in [0.4, 0.5) is 14.9 Å². The van der Waals surface area contributed by atoms with E-state index >= 15 is 0 Å². The first kappa shape index (κ1) is 18.4. The van der Waals surface area contributed by atoms with Crippen LogP contribution in [0.25, 0.3) is 0 Å². The lowest BCUT2D eigenvalue weighted by Gasteiger charge is -2.18. The minimum Gasteiger partial charge on any atom is -0.335 e. The molecule has 1 aromatic carbocycles. The number of hydrogen-bond acceptors (Lipinski definition) is 3. The van der Waals surface area contributed by atoms with Crippen molar-refractivity contribution in [1.82, 2.24) is 5.32 Å². The van der Waals surface area contributed by atoms with Gasteiger partial charge in [-0.2, -0.15) is 0 Å². The SMILES string of the molecule is CC[C@H](C)C[C@H](C)NC(=O)Nc1cc(S(C)(=O)=O)ccc1F. The summed E-state index contributed by atoms with van der Waals surface area (Å²) in [6, 6.07) is 2.69. The highest BCUT2D eigenvalue weighted by Gasteiger charge is 2.15. The lowest BCUT2D eigenvalue weighted by molar-refractivity contribution is 0.247. The van der Waals surface area contributed by atoms with Crippen molar-refractivity contribution in [3.8, 4) is 0 Å². The van der Waals surface area contributed by atoms with Crippen LogP contribution in [0.3, 0.4) is 0 Å². The van der Waals surface area contributed by atoms with E-state index in [0.29, 0.717) is 5.92 Å². The molecule has 0 fully saturated rings. The van der Waals surface area contributed by atoms with E-state index in [1.165, 1.54) is 6.07 Å². The lowest BCUT2D eigenvalue weighted by Crippen LogP contribution is -2.37. The Kier molecular flexibility index (Phi) is 6.34. The van der Waals surface area contributed by atoms with Gasteiger partial charge in [0, 0.05) is 12.3 Å². The van der Waals surface area contributed by atoms with E-state index in [0.717, 1.165) is 31.2 Å². The molecular formula is C15H23FN2O3S. The normalized spacial score (nSPS) is 14.2. The minimum absolute atomic E-state index is 0.0446. The summed E-state index contributed by atoms with van der Waals surface area (Å²) in [5.74, 6) is -0.210. The Hall–Kier alpha value is -1.63. The summed E-state index contributed by atoms with van der Waals surface area (Å²) in [5.41, 5.74) is -0.156. The van der Waals surface area contributed by atoms with Gasteiger partial charge in [0.1, 0.15) is 5.82 Å². The van der Waals surface area contributed by atoms with Crippen LogP contribution in [0.2, 0.25) is 0 Å². The van der Waals surface area contributed by atoms with Crippen molar-refractivity contribution in [2.24, 2.45) is 5.92 Å². The van der Waals surface area contributed by atoms with Gasteiger partial charge >= 0.3 is 6.03 Å². The molecule has 0 aromatic heterocycles. The molecule has 124 valence electrons. The molecule has 0 saturated carbocycles. The maximum absolute atomic E-state index is 13.7. The van der Waals surface area contributed by atoms with Gasteiger partial charge in [0.05, 0.1) is 10.6 Å². The number of halogens is 1. The van der Waals surface area contributed by atoms with Crippen molar-refractivity contribution in [2.75, 3.05) is 11.6 Å². The van der Waals surface area contributed by atoms with Crippen molar-refractivity contribution in [3.05, 3.63) is 24.0 Å². The van der Waals surface area contributed by atoms with Gasteiger partial charge in [-0.05, 0) is 37.5 Å². The van der Waals surface area contributed by atoms with Gasteiger partial charge in [-0.3, -0.25) is 0 Å². The van der Waals surface area contributed by atoms with Crippen molar-refractivity contribution in [2.45, 2.75) is 44.6 Å². The Morgan fingerprint density at radius 2 is 1.95 bits per heavy atom. The number of anilines is 1. The first-order chi connectivity index (χ1) is 10.1. The average Bonchev–Trinajstić information content (AvgIpc) is 2.39. The molecule has 5 nitrogen and oxygen atoms in total. The zero-order valence-corrected chi connectivity index (χ0v) is 14.1. The molecule has 0 aliphatic heterocycles. The molecule has 0 aliphatic rings. The fourth-order valence-electron chi connectivity index (χ4n) is 2.04. The van der Waals surface area contributed by atoms with E-state index in [9.17, 15) is 17.6 Å². The number of carbonyl (C=O) groups is 1. The van der Waals surface area contributed by atoms with E-state index in [1.807, 2.05) is 6.92 Å². The van der Waals surface area contributed by atoms with Gasteiger partial charge in [0.25, 0.3) is 0 Å². The topological polar surface area (TPSA) is 75.3 Å². The van der Waals surface area contributed by atoms with Crippen LogP contribution < -0.4 is 10.6 Å². The van der Waals surface area contributed by atoms with Gasteiger partial charge in [0.15, 0.2) is 9.84 Å². The fraction of sp³-hybridized carbons (Fsp3) is 0.533. The van der Waals surface area contributed by atoms with Gasteiger partial charge < -0.3 is 10.6 Å². The molecule has 2 N–H and O–H groups in total. The predicted octanol–water partition coefficient (Wildman–Crippen LogP) is 3.18. The second-order valence-corrected chi connectivity index (χ2v) is 7.68. The van der Waals surface area contributed by atoms with E-state index in [2.05, 4.69) is 24.5 Å². The zero-order valence-electron chi connectivity index (χ0n) is 13.3. The maximum atomic E-state index is 13.7. The number of carbonyl (C=O) groups excluding carboxylic acids is 1. The van der Waals surface area contributed by atoms with Gasteiger partial charge in [-0.15, -0.1) is 0 Å². The minimum atomic E-state index is -3.46. The van der Waals surface area contributed by atoms with Gasteiger partial charge in [-0.25, -0.2) is 17.6 Å². The van der Waals surface area contributed by atoms with Crippen LogP contribution in [0.15, 0.2) is 23.1 Å². The fourth-order valence-corrected chi connectivity index (χ4v) is 2.69. The van der Waals surface area contributed by atoms with Gasteiger partial charge in [0.2, 0.25) is 0 Å². The van der Waals surface area contributed by atoms with Crippen molar-refractivity contribution in [1.29, 1.82) is 0 Å². The van der Waals surface area contributed by atoms with E-state index < -0.39 is 21.7 Å². The van der Waals surface area contributed by atoms with Crippen LogP contribution in [0.1, 0.15) is 33.6 Å². The van der Waals surface area contributed by atoms with Crippen molar-refractivity contribution < 1.29 is 17.6 Å². The molecule has 0 saturated heterocycles. The van der Waals surface area contributed by atoms with Gasteiger partial charge in [-0.1, -0.05) is 20.3 Å². The third-order valence-corrected chi connectivity index (χ3v) is 4.55. The number of hydrogen-bond donors (Lipinski definition) is 2. The number of urea groups is 1. The van der Waals surface area contributed by atoms with E-state index in [4.69, 9.17) is 0 Å². The molecule has 0 heterocycles. The molecule has 1 rings (SSSR count). The molecule has 1 aromatic rings. The van der Waals surface area contributed by atoms with Crippen LogP contribution in [-0.2, 0) is 9.84 Å². The lowest BCUT2D eigenvalue weighted by atomic mass is 10.0. The molecule has 2 amide bonds. The summed E-state index contributed by atoms with van der Waals surface area (Å²) in [6.45, 7) is 6.03. The van der Waals surface area contributed by atoms with Crippen LogP contribution in [-0.4, -0.2) is 26.7 Å². The molecular weight excluding hydrogens is 307 g/mol. The smallest absolute Gasteiger partial charge is 0.319 e. The molecule has 0 unspecified atom stereocenters. The quantitative estimate of drug-likeness (QED) is 0.787. The zero-order chi connectivity index (χ0) is 16.9. The molecule has 7 heteroatoms. The Bertz CT molecular complexity index is 632. The number of benzene rings is 1. The molecule has 0 bridgehead atoms. The van der Waals surface area contributed by atoms with Crippen LogP contribution in [0, 0.1) is 11.7 Å². The summed E-state index contributed by atoms with van der Waals surface area (Å²) >= 11 is 0. The molecule has 0 radical (unpaired) electrons. The Morgan fingerprint density at radius 3 is 2.50 bits per heavy atom. The second-order valence-electron chi connectivity index (χ2n) is 5.66. The highest BCUT2D eigenvalue weighted by molar-refractivity contribution is 7.90. The second kappa shape index (κ2) is 7.58. The highest BCUT2D eigenvalue weighted by atomic mass is 32.2. The van der Waals surface area contributed by atoms with Crippen LogP contribution in [0.5, 0.6) is 0 Å². The Labute approximate surface area is 131 Å². The number of rotatable bonds is 6. The summed E-state index contributed by atoms with van der Waals surface area (Å²) < 4.78 is 36.6. The van der Waals surface area contributed by atoms with E-state index in [-0.39, 0.29) is 16.6 Å². The highest BCUT2D eigenvalue weighted by Crippen LogP contribution is 2.19. The van der Waals surface area contributed by atoms with E-state index in [1.54, 1.807) is 0 Å². The number of nitrogens with one attached hydrogen (secondary N) is 2. The predicted molar refractivity (Wildman–Crippen MR) is 85.2 cm³/mol. The maximum Gasteiger partial charge on any atom is 0.319 e. The van der Waals surface area contributed by atoms with Crippen molar-refractivity contribution >= 4 is 21.6 Å². The third kappa shape index (κ3) is 5.63. The molecule has 22 heavy (non-hydrogen) atoms. The number of amides is 2. The summed E-state index contributed by atoms with van der Waals surface area (Å²) in [4.78, 5) is 11.8. The molecule has 0 spiro atoms. The first-order valence-corrected chi connectivity index (χ1v) is 9.09. The first-order valence-electron chi connectivity index (χ1n) is 7.20. The monoisotopic (exact) mass is 330 g/mol. The summed E-state index contributed by atoms with van der Waals surface area (Å²) in [5, 5.41) is 5.07. The average molecular weight is 330 g/mol. The third-order valence-electron chi connectivity index (χ3n) is 3.44. The molecule has 2 atom stereocenters. The summed E-state index contributed by atoms with van der Waals surface area (Å²) in [7, 11) is -3.46. The standard InChI is InChI=1S/C15H23FN2O3S/c1-5-10(2)8-11(3)17-15(19)18-14-9-12(22(4,20)21)6-7-13(14)16/h6-7,9-11H,5,8H2,1-4H3,(H2,17,18,19)/t10-,11-/m0/s1. The van der Waals surface area contributed by atoms with Crippen LogP contribution >= 0.6 is 0 Å². The largest absolute Gasteiger partial charge is 0.335 e. The summed E-state index contributed by atoms with van der Waals surface area (Å²) in [6.07, 6.45) is 2.85. The molecule has 0 aliphatic carbocycles. The number of sulfone groups is 1. The Morgan fingerprint density at radius 1 is 1.32 bits per heavy atom. The Balaban J connectivity index is 2.76. The van der Waals surface area contributed by atoms with Crippen molar-refractivity contribution in [3.63, 3.8) is 0 Å².